The Morgan fingerprint density at radius 2 is 1.87 bits per heavy atom. The number of carboxylic acid groups (broad SMARTS) is 1. The molecule has 6 nitrogen and oxygen atoms in total. The molecule has 0 aromatic heterocycles. The average molecular weight is 550 g/mol. The molecule has 202 valence electrons. The third kappa shape index (κ3) is 6.37. The van der Waals surface area contributed by atoms with Crippen molar-refractivity contribution in [2.45, 2.75) is 45.3 Å². The van der Waals surface area contributed by atoms with Gasteiger partial charge in [-0.15, -0.1) is 0 Å². The summed E-state index contributed by atoms with van der Waals surface area (Å²) in [5.41, 5.74) is 0.506. The van der Waals surface area contributed by atoms with E-state index in [4.69, 9.17) is 21.1 Å². The number of hydrogen-bond acceptors (Lipinski definition) is 5. The number of benzene rings is 3. The van der Waals surface area contributed by atoms with E-state index in [2.05, 4.69) is 4.99 Å². The molecule has 0 aliphatic carbocycles. The average Bonchev–Trinajstić information content (AvgIpc) is 3.36. The van der Waals surface area contributed by atoms with Crippen LogP contribution in [0, 0.1) is 5.82 Å². The van der Waals surface area contributed by atoms with E-state index in [0.29, 0.717) is 40.4 Å². The van der Waals surface area contributed by atoms with E-state index in [-0.39, 0.29) is 28.9 Å². The monoisotopic (exact) mass is 549 g/mol. The quantitative estimate of drug-likeness (QED) is 0.255. The molecule has 0 saturated carbocycles. The van der Waals surface area contributed by atoms with Gasteiger partial charge in [-0.25, -0.2) is 9.18 Å². The number of carbonyl (C=O) groups excluding carboxylic acids is 1. The molecule has 1 aliphatic heterocycles. The molecule has 8 heteroatoms. The summed E-state index contributed by atoms with van der Waals surface area (Å²) < 4.78 is 25.9. The minimum atomic E-state index is -1.28. The van der Waals surface area contributed by atoms with Crippen LogP contribution < -0.4 is 9.47 Å². The SMILES string of the molecule is CCCOc1ccc(-c2cc(F)cc(C(=O)O)c2)cc1CC1(C(=O)c2ccc(OC(C)C)cc2Cl)C=CC=N1. The van der Waals surface area contributed by atoms with Crippen LogP contribution in [0.3, 0.4) is 0 Å². The van der Waals surface area contributed by atoms with Crippen LogP contribution in [0.25, 0.3) is 11.1 Å². The van der Waals surface area contributed by atoms with E-state index in [9.17, 15) is 19.1 Å². The molecule has 0 saturated heterocycles. The number of halogens is 2. The lowest BCUT2D eigenvalue weighted by Crippen LogP contribution is -2.36. The van der Waals surface area contributed by atoms with E-state index < -0.39 is 17.3 Å². The molecule has 1 aliphatic rings. The van der Waals surface area contributed by atoms with E-state index >= 15 is 0 Å². The lowest BCUT2D eigenvalue weighted by atomic mass is 9.83. The molecular formula is C31H29ClFNO5. The largest absolute Gasteiger partial charge is 0.493 e. The first-order valence-electron chi connectivity index (χ1n) is 12.7. The lowest BCUT2D eigenvalue weighted by molar-refractivity contribution is 0.0696. The fourth-order valence-electron chi connectivity index (χ4n) is 4.42. The second-order valence-electron chi connectivity index (χ2n) is 9.58. The van der Waals surface area contributed by atoms with Gasteiger partial charge in [-0.1, -0.05) is 24.6 Å². The molecular weight excluding hydrogens is 521 g/mol. The zero-order valence-corrected chi connectivity index (χ0v) is 22.7. The molecule has 39 heavy (non-hydrogen) atoms. The van der Waals surface area contributed by atoms with Crippen molar-refractivity contribution in [1.29, 1.82) is 0 Å². The second-order valence-corrected chi connectivity index (χ2v) is 9.99. The molecule has 0 fully saturated rings. The van der Waals surface area contributed by atoms with E-state index in [1.807, 2.05) is 20.8 Å². The number of hydrogen-bond donors (Lipinski definition) is 1. The Labute approximate surface area is 231 Å². The van der Waals surface area contributed by atoms with Crippen molar-refractivity contribution in [3.63, 3.8) is 0 Å². The number of carbonyl (C=O) groups is 2. The maximum Gasteiger partial charge on any atom is 0.335 e. The smallest absolute Gasteiger partial charge is 0.335 e. The maximum atomic E-state index is 14.3. The normalized spacial score (nSPS) is 16.1. The summed E-state index contributed by atoms with van der Waals surface area (Å²) in [6.07, 6.45) is 5.89. The van der Waals surface area contributed by atoms with Crippen molar-refractivity contribution >= 4 is 29.6 Å². The first-order chi connectivity index (χ1) is 18.6. The summed E-state index contributed by atoms with van der Waals surface area (Å²) in [4.78, 5) is 30.0. The Morgan fingerprint density at radius 3 is 2.51 bits per heavy atom. The second kappa shape index (κ2) is 11.8. The zero-order chi connectivity index (χ0) is 28.2. The summed E-state index contributed by atoms with van der Waals surface area (Å²) in [5.74, 6) is -1.06. The highest BCUT2D eigenvalue weighted by atomic mass is 35.5. The molecule has 1 atom stereocenters. The number of nitrogens with zero attached hydrogens (tertiary/aromatic N) is 1. The number of aromatic carboxylic acids is 1. The van der Waals surface area contributed by atoms with Crippen molar-refractivity contribution < 1.29 is 28.6 Å². The summed E-state index contributed by atoms with van der Waals surface area (Å²) in [5, 5.41) is 9.64. The molecule has 3 aromatic carbocycles. The van der Waals surface area contributed by atoms with Crippen LogP contribution in [0.1, 0.15) is 53.5 Å². The molecule has 0 amide bonds. The first-order valence-corrected chi connectivity index (χ1v) is 13.0. The Morgan fingerprint density at radius 1 is 1.08 bits per heavy atom. The van der Waals surface area contributed by atoms with Crippen LogP contribution in [-0.2, 0) is 6.42 Å². The van der Waals surface area contributed by atoms with Gasteiger partial charge in [0, 0.05) is 18.2 Å². The Bertz CT molecular complexity index is 1450. The van der Waals surface area contributed by atoms with Crippen LogP contribution >= 0.6 is 11.6 Å². The van der Waals surface area contributed by atoms with Gasteiger partial charge >= 0.3 is 5.97 Å². The number of rotatable bonds is 11. The minimum absolute atomic E-state index is 0.0465. The Hall–Kier alpha value is -3.97. The lowest BCUT2D eigenvalue weighted by Gasteiger charge is -2.25. The standard InChI is InChI=1S/C31H29ClFNO5/c1-4-12-38-28-9-6-20(21-14-22(30(36)37)16-24(33)15-21)13-23(28)18-31(10-5-11-34-31)29(35)26-8-7-25(17-27(26)32)39-19(2)3/h5-11,13-17,19H,4,12,18H2,1-3H3,(H,36,37). The first kappa shape index (κ1) is 28.0. The minimum Gasteiger partial charge on any atom is -0.493 e. The highest BCUT2D eigenvalue weighted by molar-refractivity contribution is 6.34. The third-order valence-electron chi connectivity index (χ3n) is 6.17. The van der Waals surface area contributed by atoms with Crippen LogP contribution in [-0.4, -0.2) is 41.3 Å². The summed E-state index contributed by atoms with van der Waals surface area (Å²) in [6.45, 7) is 6.24. The van der Waals surface area contributed by atoms with Gasteiger partial charge in [0.1, 0.15) is 22.9 Å². The topological polar surface area (TPSA) is 85.2 Å². The van der Waals surface area contributed by atoms with Gasteiger partial charge in [0.05, 0.1) is 23.3 Å². The van der Waals surface area contributed by atoms with Gasteiger partial charge in [-0.05, 0) is 97.6 Å². The van der Waals surface area contributed by atoms with E-state index in [1.54, 1.807) is 54.8 Å². The summed E-state index contributed by atoms with van der Waals surface area (Å²) >= 11 is 6.53. The fourth-order valence-corrected chi connectivity index (χ4v) is 4.68. The van der Waals surface area contributed by atoms with Crippen LogP contribution in [0.5, 0.6) is 11.5 Å². The van der Waals surface area contributed by atoms with Crippen LogP contribution in [0.4, 0.5) is 4.39 Å². The Kier molecular flexibility index (Phi) is 8.51. The van der Waals surface area contributed by atoms with Gasteiger partial charge in [0.25, 0.3) is 0 Å². The number of aliphatic imine (C=N–C) groups is 1. The Balaban J connectivity index is 1.75. The van der Waals surface area contributed by atoms with E-state index in [1.165, 1.54) is 12.1 Å². The molecule has 1 N–H and O–H groups in total. The highest BCUT2D eigenvalue weighted by Crippen LogP contribution is 2.36. The molecule has 4 rings (SSSR count). The van der Waals surface area contributed by atoms with Crippen molar-refractivity contribution in [3.05, 3.63) is 94.3 Å². The summed E-state index contributed by atoms with van der Waals surface area (Å²) in [7, 11) is 0. The van der Waals surface area contributed by atoms with Gasteiger partial charge in [-0.3, -0.25) is 9.79 Å². The predicted molar refractivity (Wildman–Crippen MR) is 150 cm³/mol. The highest BCUT2D eigenvalue weighted by Gasteiger charge is 2.39. The summed E-state index contributed by atoms with van der Waals surface area (Å²) in [6, 6.07) is 13.9. The maximum absolute atomic E-state index is 14.3. The number of allylic oxidation sites excluding steroid dienone is 1. The molecule has 0 radical (unpaired) electrons. The molecule has 0 spiro atoms. The zero-order valence-electron chi connectivity index (χ0n) is 21.9. The van der Waals surface area contributed by atoms with Crippen molar-refractivity contribution in [2.24, 2.45) is 4.99 Å². The number of carboxylic acids is 1. The fraction of sp³-hybridized carbons (Fsp3) is 0.258. The molecule has 1 unspecified atom stereocenters. The molecule has 0 bridgehead atoms. The number of Topliss-reactive ketones (excluding diaryl/α,β-unsaturated/α-hetero) is 1. The molecule has 1 heterocycles. The van der Waals surface area contributed by atoms with E-state index in [0.717, 1.165) is 12.5 Å². The third-order valence-corrected chi connectivity index (χ3v) is 6.49. The van der Waals surface area contributed by atoms with Gasteiger partial charge < -0.3 is 14.6 Å². The predicted octanol–water partition coefficient (Wildman–Crippen LogP) is 7.23. The van der Waals surface area contributed by atoms with Gasteiger partial charge in [0.15, 0.2) is 5.78 Å². The number of ether oxygens (including phenoxy) is 2. The van der Waals surface area contributed by atoms with Gasteiger partial charge in [0.2, 0.25) is 0 Å². The van der Waals surface area contributed by atoms with Crippen LogP contribution in [0.15, 0.2) is 71.7 Å². The van der Waals surface area contributed by atoms with Gasteiger partial charge in [-0.2, -0.15) is 0 Å². The number of ketones is 1. The molecule has 3 aromatic rings. The van der Waals surface area contributed by atoms with Crippen molar-refractivity contribution in [2.75, 3.05) is 6.61 Å². The van der Waals surface area contributed by atoms with Crippen molar-refractivity contribution in [3.8, 4) is 22.6 Å². The van der Waals surface area contributed by atoms with Crippen molar-refractivity contribution in [1.82, 2.24) is 0 Å². The van der Waals surface area contributed by atoms with Crippen LogP contribution in [0.2, 0.25) is 5.02 Å².